The quantitative estimate of drug-likeness (QED) is 0.650. The van der Waals surface area contributed by atoms with Gasteiger partial charge in [-0.2, -0.15) is 0 Å². The van der Waals surface area contributed by atoms with Crippen molar-refractivity contribution in [2.45, 2.75) is 12.3 Å². The zero-order chi connectivity index (χ0) is 17.1. The Labute approximate surface area is 138 Å². The molecule has 7 nitrogen and oxygen atoms in total. The number of rotatable bonds is 5. The van der Waals surface area contributed by atoms with Crippen LogP contribution in [0.4, 0.5) is 17.1 Å². The lowest BCUT2D eigenvalue weighted by molar-refractivity contribution is -0.385. The second kappa shape index (κ2) is 6.57. The summed E-state index contributed by atoms with van der Waals surface area (Å²) in [4.78, 5) is 22.3. The minimum absolute atomic E-state index is 0.0122. The Morgan fingerprint density at radius 3 is 2.88 bits per heavy atom. The Kier molecular flexibility index (Phi) is 4.33. The number of methoxy groups -OCH3 is 1. The van der Waals surface area contributed by atoms with Gasteiger partial charge in [0, 0.05) is 42.4 Å². The highest BCUT2D eigenvalue weighted by Crippen LogP contribution is 2.33. The third-order valence-electron chi connectivity index (χ3n) is 4.04. The van der Waals surface area contributed by atoms with Crippen molar-refractivity contribution < 1.29 is 14.5 Å². The first-order valence-corrected chi connectivity index (χ1v) is 7.53. The molecule has 2 aromatic carbocycles. The van der Waals surface area contributed by atoms with Crippen molar-refractivity contribution in [2.75, 3.05) is 24.3 Å². The van der Waals surface area contributed by atoms with Crippen LogP contribution in [0.3, 0.4) is 0 Å². The summed E-state index contributed by atoms with van der Waals surface area (Å²) in [5.74, 6) is 0.227. The summed E-state index contributed by atoms with van der Waals surface area (Å²) >= 11 is 0. The number of ether oxygens (including phenoxy) is 1. The molecular weight excluding hydrogens is 310 g/mol. The standard InChI is InChI=1S/C17H17N3O4/c1-24-16-9-12(6-7-15(16)20(22)23)18-10-11-8-17(21)19-14-5-3-2-4-13(11)14/h2-7,9,11,18H,8,10H2,1H3,(H,19,21)/t11-/m0/s1. The molecule has 0 unspecified atom stereocenters. The normalized spacial score (nSPS) is 16.0. The maximum atomic E-state index is 11.8. The average Bonchev–Trinajstić information content (AvgIpc) is 2.59. The number of nitro benzene ring substituents is 1. The van der Waals surface area contributed by atoms with Crippen molar-refractivity contribution in [1.82, 2.24) is 0 Å². The van der Waals surface area contributed by atoms with Crippen LogP contribution in [0.1, 0.15) is 17.9 Å². The molecular formula is C17H17N3O4. The first-order valence-electron chi connectivity index (χ1n) is 7.53. The molecule has 0 fully saturated rings. The molecule has 1 aliphatic rings. The molecule has 3 rings (SSSR count). The van der Waals surface area contributed by atoms with Gasteiger partial charge in [0.1, 0.15) is 0 Å². The lowest BCUT2D eigenvalue weighted by Gasteiger charge is -2.26. The van der Waals surface area contributed by atoms with Crippen LogP contribution in [0.5, 0.6) is 5.75 Å². The van der Waals surface area contributed by atoms with E-state index in [-0.39, 0.29) is 23.3 Å². The van der Waals surface area contributed by atoms with Gasteiger partial charge in [0.25, 0.3) is 0 Å². The number of hydrogen-bond donors (Lipinski definition) is 2. The van der Waals surface area contributed by atoms with Gasteiger partial charge in [0.05, 0.1) is 12.0 Å². The molecule has 24 heavy (non-hydrogen) atoms. The fourth-order valence-corrected chi connectivity index (χ4v) is 2.86. The van der Waals surface area contributed by atoms with E-state index in [2.05, 4.69) is 10.6 Å². The molecule has 1 heterocycles. The van der Waals surface area contributed by atoms with Crippen molar-refractivity contribution in [2.24, 2.45) is 0 Å². The monoisotopic (exact) mass is 327 g/mol. The average molecular weight is 327 g/mol. The minimum Gasteiger partial charge on any atom is -0.490 e. The van der Waals surface area contributed by atoms with Crippen LogP contribution in [-0.4, -0.2) is 24.5 Å². The maximum Gasteiger partial charge on any atom is 0.311 e. The van der Waals surface area contributed by atoms with E-state index in [0.717, 1.165) is 11.3 Å². The number of fused-ring (bicyclic) bond motifs is 1. The number of nitro groups is 1. The highest BCUT2D eigenvalue weighted by molar-refractivity contribution is 5.94. The molecule has 0 saturated carbocycles. The fraction of sp³-hybridized carbons (Fsp3) is 0.235. The van der Waals surface area contributed by atoms with Crippen molar-refractivity contribution in [3.63, 3.8) is 0 Å². The number of amides is 1. The van der Waals surface area contributed by atoms with Crippen LogP contribution in [0.2, 0.25) is 0 Å². The summed E-state index contributed by atoms with van der Waals surface area (Å²) in [5, 5.41) is 17.0. The van der Waals surface area contributed by atoms with Crippen molar-refractivity contribution in [1.29, 1.82) is 0 Å². The van der Waals surface area contributed by atoms with E-state index in [1.165, 1.54) is 13.2 Å². The second-order valence-corrected chi connectivity index (χ2v) is 5.56. The largest absolute Gasteiger partial charge is 0.490 e. The van der Waals surface area contributed by atoms with Gasteiger partial charge >= 0.3 is 5.69 Å². The first-order chi connectivity index (χ1) is 11.6. The number of carbonyl (C=O) groups is 1. The Hall–Kier alpha value is -3.09. The van der Waals surface area contributed by atoms with Crippen LogP contribution in [0, 0.1) is 10.1 Å². The van der Waals surface area contributed by atoms with E-state index in [9.17, 15) is 14.9 Å². The van der Waals surface area contributed by atoms with E-state index in [1.54, 1.807) is 12.1 Å². The summed E-state index contributed by atoms with van der Waals surface area (Å²) in [6, 6.07) is 12.3. The highest BCUT2D eigenvalue weighted by Gasteiger charge is 2.24. The SMILES string of the molecule is COc1cc(NC[C@@H]2CC(=O)Nc3ccccc32)ccc1[N+](=O)[O-]. The fourth-order valence-electron chi connectivity index (χ4n) is 2.86. The summed E-state index contributed by atoms with van der Waals surface area (Å²) in [5.41, 5.74) is 2.55. The van der Waals surface area contributed by atoms with Gasteiger partial charge in [-0.15, -0.1) is 0 Å². The van der Waals surface area contributed by atoms with Gasteiger partial charge < -0.3 is 15.4 Å². The van der Waals surface area contributed by atoms with Gasteiger partial charge in [0.15, 0.2) is 5.75 Å². The number of hydrogen-bond acceptors (Lipinski definition) is 5. The summed E-state index contributed by atoms with van der Waals surface area (Å²) < 4.78 is 5.07. The first kappa shape index (κ1) is 15.8. The van der Waals surface area contributed by atoms with Crippen molar-refractivity contribution >= 4 is 23.0 Å². The van der Waals surface area contributed by atoms with Crippen LogP contribution < -0.4 is 15.4 Å². The van der Waals surface area contributed by atoms with Gasteiger partial charge in [-0.3, -0.25) is 14.9 Å². The van der Waals surface area contributed by atoms with Gasteiger partial charge in [-0.1, -0.05) is 18.2 Å². The third-order valence-corrected chi connectivity index (χ3v) is 4.04. The van der Waals surface area contributed by atoms with Crippen LogP contribution in [0.15, 0.2) is 42.5 Å². The Morgan fingerprint density at radius 1 is 1.33 bits per heavy atom. The van der Waals surface area contributed by atoms with E-state index < -0.39 is 4.92 Å². The summed E-state index contributed by atoms with van der Waals surface area (Å²) in [6.07, 6.45) is 0.397. The van der Waals surface area contributed by atoms with Crippen LogP contribution in [-0.2, 0) is 4.79 Å². The molecule has 124 valence electrons. The number of anilines is 2. The zero-order valence-corrected chi connectivity index (χ0v) is 13.1. The molecule has 0 aliphatic carbocycles. The van der Waals surface area contributed by atoms with Gasteiger partial charge in [0.2, 0.25) is 5.91 Å². The van der Waals surface area contributed by atoms with Crippen LogP contribution >= 0.6 is 0 Å². The molecule has 2 aromatic rings. The predicted molar refractivity (Wildman–Crippen MR) is 90.6 cm³/mol. The molecule has 2 N–H and O–H groups in total. The minimum atomic E-state index is -0.482. The predicted octanol–water partition coefficient (Wildman–Crippen LogP) is 3.14. The van der Waals surface area contributed by atoms with E-state index in [0.29, 0.717) is 18.7 Å². The maximum absolute atomic E-state index is 11.8. The molecule has 0 radical (unpaired) electrons. The molecule has 1 amide bonds. The summed E-state index contributed by atoms with van der Waals surface area (Å²) in [6.45, 7) is 0.547. The molecule has 0 saturated heterocycles. The number of para-hydroxylation sites is 1. The molecule has 0 aromatic heterocycles. The van der Waals surface area contributed by atoms with E-state index in [4.69, 9.17) is 4.74 Å². The van der Waals surface area contributed by atoms with Crippen molar-refractivity contribution in [3.8, 4) is 5.75 Å². The highest BCUT2D eigenvalue weighted by atomic mass is 16.6. The Bertz CT molecular complexity index is 791. The number of carbonyl (C=O) groups excluding carboxylic acids is 1. The molecule has 0 spiro atoms. The van der Waals surface area contributed by atoms with Crippen LogP contribution in [0.25, 0.3) is 0 Å². The molecule has 7 heteroatoms. The Balaban J connectivity index is 1.77. The lowest BCUT2D eigenvalue weighted by Crippen LogP contribution is -2.26. The zero-order valence-electron chi connectivity index (χ0n) is 13.1. The van der Waals surface area contributed by atoms with Gasteiger partial charge in [-0.05, 0) is 17.7 Å². The third kappa shape index (κ3) is 3.15. The topological polar surface area (TPSA) is 93.5 Å². The molecule has 1 aliphatic heterocycles. The number of nitrogens with one attached hydrogen (secondary N) is 2. The Morgan fingerprint density at radius 2 is 2.12 bits per heavy atom. The van der Waals surface area contributed by atoms with E-state index in [1.807, 2.05) is 24.3 Å². The van der Waals surface area contributed by atoms with Crippen molar-refractivity contribution in [3.05, 3.63) is 58.1 Å². The summed E-state index contributed by atoms with van der Waals surface area (Å²) in [7, 11) is 1.40. The molecule has 0 bridgehead atoms. The second-order valence-electron chi connectivity index (χ2n) is 5.56. The van der Waals surface area contributed by atoms with E-state index >= 15 is 0 Å². The molecule has 1 atom stereocenters. The smallest absolute Gasteiger partial charge is 0.311 e. The van der Waals surface area contributed by atoms with Gasteiger partial charge in [-0.25, -0.2) is 0 Å². The number of benzene rings is 2. The lowest BCUT2D eigenvalue weighted by atomic mass is 9.90. The number of nitrogens with zero attached hydrogens (tertiary/aromatic N) is 1.